The number of nitrogen functional groups attached to an aromatic ring is 1. The van der Waals surface area contributed by atoms with E-state index in [9.17, 15) is 13.6 Å². The Morgan fingerprint density at radius 2 is 2.24 bits per heavy atom. The van der Waals surface area contributed by atoms with Gasteiger partial charge in [-0.3, -0.25) is 0 Å². The van der Waals surface area contributed by atoms with Crippen molar-refractivity contribution in [3.8, 4) is 0 Å². The molecule has 1 aliphatic rings. The van der Waals surface area contributed by atoms with Crippen LogP contribution in [0.4, 0.5) is 20.2 Å². The second-order valence-corrected chi connectivity index (χ2v) is 3.92. The number of carbonyl (C=O) groups excluding carboxylic acids is 1. The van der Waals surface area contributed by atoms with E-state index in [-0.39, 0.29) is 16.9 Å². The van der Waals surface area contributed by atoms with Gasteiger partial charge in [-0.1, -0.05) is 0 Å². The number of hydrogen-bond donors (Lipinski definition) is 2. The van der Waals surface area contributed by atoms with Gasteiger partial charge in [0.05, 0.1) is 30.1 Å². The highest BCUT2D eigenvalue weighted by atomic mass is 19.1. The molecule has 0 bridgehead atoms. The van der Waals surface area contributed by atoms with Crippen LogP contribution in [-0.2, 0) is 4.74 Å². The monoisotopic (exact) mass is 242 g/mol. The number of halogens is 2. The molecule has 1 fully saturated rings. The summed E-state index contributed by atoms with van der Waals surface area (Å²) in [6.07, 6.45) is -0.619. The van der Waals surface area contributed by atoms with E-state index in [2.05, 4.69) is 10.1 Å². The minimum atomic E-state index is -0.964. The summed E-state index contributed by atoms with van der Waals surface area (Å²) >= 11 is 0. The van der Waals surface area contributed by atoms with E-state index >= 15 is 0 Å². The highest BCUT2D eigenvalue weighted by Gasteiger charge is 2.38. The van der Waals surface area contributed by atoms with E-state index < -0.39 is 24.0 Å². The number of methoxy groups -OCH3 is 1. The first kappa shape index (κ1) is 11.6. The molecule has 1 aliphatic carbocycles. The number of anilines is 2. The van der Waals surface area contributed by atoms with E-state index in [0.717, 1.165) is 6.07 Å². The zero-order valence-corrected chi connectivity index (χ0v) is 9.17. The van der Waals surface area contributed by atoms with Crippen molar-refractivity contribution >= 4 is 17.3 Å². The van der Waals surface area contributed by atoms with Crippen LogP contribution >= 0.6 is 0 Å². The lowest BCUT2D eigenvalue weighted by Gasteiger charge is -2.10. The summed E-state index contributed by atoms with van der Waals surface area (Å²) in [5, 5.41) is 2.66. The average Bonchev–Trinajstić information content (AvgIpc) is 2.98. The largest absolute Gasteiger partial charge is 0.465 e. The number of ether oxygens (including phenoxy) is 1. The predicted molar refractivity (Wildman–Crippen MR) is 59.1 cm³/mol. The lowest BCUT2D eigenvalue weighted by atomic mass is 10.1. The number of esters is 1. The Hall–Kier alpha value is -1.85. The maximum Gasteiger partial charge on any atom is 0.338 e. The molecule has 2 atom stereocenters. The van der Waals surface area contributed by atoms with E-state index in [1.54, 1.807) is 0 Å². The first-order valence-electron chi connectivity index (χ1n) is 5.11. The number of alkyl halides is 1. The van der Waals surface area contributed by atoms with Crippen molar-refractivity contribution in [1.29, 1.82) is 0 Å². The Morgan fingerprint density at radius 3 is 2.71 bits per heavy atom. The fourth-order valence-corrected chi connectivity index (χ4v) is 1.51. The fourth-order valence-electron chi connectivity index (χ4n) is 1.51. The van der Waals surface area contributed by atoms with Gasteiger partial charge in [0.1, 0.15) is 12.0 Å². The molecule has 0 unspecified atom stereocenters. The zero-order valence-electron chi connectivity index (χ0n) is 9.17. The van der Waals surface area contributed by atoms with Crippen molar-refractivity contribution in [1.82, 2.24) is 0 Å². The Bertz CT molecular complexity index is 442. The minimum Gasteiger partial charge on any atom is -0.465 e. The van der Waals surface area contributed by atoms with Gasteiger partial charge in [0.25, 0.3) is 0 Å². The molecule has 17 heavy (non-hydrogen) atoms. The van der Waals surface area contributed by atoms with Gasteiger partial charge in [0.2, 0.25) is 0 Å². The lowest BCUT2D eigenvalue weighted by Crippen LogP contribution is -2.11. The summed E-state index contributed by atoms with van der Waals surface area (Å²) in [4.78, 5) is 11.2. The van der Waals surface area contributed by atoms with Gasteiger partial charge >= 0.3 is 5.97 Å². The van der Waals surface area contributed by atoms with Gasteiger partial charge in [0.15, 0.2) is 0 Å². The van der Waals surface area contributed by atoms with Gasteiger partial charge in [0, 0.05) is 6.42 Å². The minimum absolute atomic E-state index is 0.0284. The molecule has 0 amide bonds. The van der Waals surface area contributed by atoms with Crippen LogP contribution in [0, 0.1) is 5.82 Å². The third-order valence-corrected chi connectivity index (χ3v) is 2.58. The van der Waals surface area contributed by atoms with Crippen molar-refractivity contribution in [2.45, 2.75) is 18.6 Å². The van der Waals surface area contributed by atoms with Crippen LogP contribution in [0.2, 0.25) is 0 Å². The highest BCUT2D eigenvalue weighted by molar-refractivity contribution is 5.92. The zero-order chi connectivity index (χ0) is 12.6. The molecular formula is C11H12F2N2O2. The predicted octanol–water partition coefficient (Wildman–Crippen LogP) is 1.72. The average molecular weight is 242 g/mol. The Morgan fingerprint density at radius 1 is 1.59 bits per heavy atom. The number of nitrogens with two attached hydrogens (primary N) is 1. The Labute approximate surface area is 96.7 Å². The summed E-state index contributed by atoms with van der Waals surface area (Å²) in [7, 11) is 1.19. The molecule has 1 saturated carbocycles. The number of rotatable bonds is 3. The summed E-state index contributed by atoms with van der Waals surface area (Å²) in [5.41, 5.74) is 5.72. The molecule has 2 rings (SSSR count). The number of carbonyl (C=O) groups is 1. The van der Waals surface area contributed by atoms with Crippen LogP contribution in [0.25, 0.3) is 0 Å². The van der Waals surface area contributed by atoms with Gasteiger partial charge < -0.3 is 15.8 Å². The molecule has 0 radical (unpaired) electrons. The third kappa shape index (κ3) is 2.30. The molecule has 92 valence electrons. The maximum absolute atomic E-state index is 13.7. The second-order valence-electron chi connectivity index (χ2n) is 3.92. The van der Waals surface area contributed by atoms with E-state index in [0.29, 0.717) is 6.42 Å². The first-order valence-corrected chi connectivity index (χ1v) is 5.11. The van der Waals surface area contributed by atoms with Crippen molar-refractivity contribution in [3.05, 3.63) is 23.5 Å². The summed E-state index contributed by atoms with van der Waals surface area (Å²) in [6.45, 7) is 0. The second kappa shape index (κ2) is 4.20. The van der Waals surface area contributed by atoms with Gasteiger partial charge in [-0.25, -0.2) is 13.6 Å². The van der Waals surface area contributed by atoms with Crippen LogP contribution in [0.5, 0.6) is 0 Å². The molecule has 1 aromatic rings. The molecular weight excluding hydrogens is 230 g/mol. The Kier molecular flexibility index (Phi) is 2.87. The molecule has 6 heteroatoms. The van der Waals surface area contributed by atoms with E-state index in [1.165, 1.54) is 13.2 Å². The van der Waals surface area contributed by atoms with Gasteiger partial charge in [-0.05, 0) is 12.1 Å². The van der Waals surface area contributed by atoms with Gasteiger partial charge in [-0.2, -0.15) is 0 Å². The first-order chi connectivity index (χ1) is 8.02. The third-order valence-electron chi connectivity index (χ3n) is 2.58. The van der Waals surface area contributed by atoms with Crippen LogP contribution in [0.1, 0.15) is 16.8 Å². The smallest absolute Gasteiger partial charge is 0.338 e. The van der Waals surface area contributed by atoms with Crippen molar-refractivity contribution < 1.29 is 18.3 Å². The molecule has 0 aliphatic heterocycles. The Balaban J connectivity index is 2.25. The maximum atomic E-state index is 13.7. The highest BCUT2D eigenvalue weighted by Crippen LogP contribution is 2.33. The molecule has 1 aromatic carbocycles. The fraction of sp³-hybridized carbons (Fsp3) is 0.364. The van der Waals surface area contributed by atoms with Crippen LogP contribution in [-0.4, -0.2) is 25.3 Å². The van der Waals surface area contributed by atoms with E-state index in [4.69, 9.17) is 5.73 Å². The topological polar surface area (TPSA) is 64.3 Å². The van der Waals surface area contributed by atoms with Gasteiger partial charge in [-0.15, -0.1) is 0 Å². The normalized spacial score (nSPS) is 22.1. The molecule has 0 spiro atoms. The van der Waals surface area contributed by atoms with Crippen molar-refractivity contribution in [2.24, 2.45) is 0 Å². The summed E-state index contributed by atoms with van der Waals surface area (Å²) in [6, 6.07) is 1.92. The molecule has 3 N–H and O–H groups in total. The number of nitrogens with one attached hydrogen (secondary N) is 1. The van der Waals surface area contributed by atoms with Crippen molar-refractivity contribution in [3.63, 3.8) is 0 Å². The molecule has 0 saturated heterocycles. The van der Waals surface area contributed by atoms with Crippen LogP contribution < -0.4 is 11.1 Å². The molecule has 4 nitrogen and oxygen atoms in total. The number of hydrogen-bond acceptors (Lipinski definition) is 4. The quantitative estimate of drug-likeness (QED) is 0.625. The molecule has 0 aromatic heterocycles. The van der Waals surface area contributed by atoms with E-state index in [1.807, 2.05) is 0 Å². The SMILES string of the molecule is COC(=O)c1cc(N)c(N[C@H]2C[C@@H]2F)c(F)c1. The summed E-state index contributed by atoms with van der Waals surface area (Å²) in [5.74, 6) is -1.36. The van der Waals surface area contributed by atoms with Crippen LogP contribution in [0.3, 0.4) is 0 Å². The number of benzene rings is 1. The van der Waals surface area contributed by atoms with Crippen molar-refractivity contribution in [2.75, 3.05) is 18.2 Å². The van der Waals surface area contributed by atoms with Crippen LogP contribution in [0.15, 0.2) is 12.1 Å². The summed E-state index contributed by atoms with van der Waals surface area (Å²) < 4.78 is 30.8. The lowest BCUT2D eigenvalue weighted by molar-refractivity contribution is 0.0600. The standard InChI is InChI=1S/C11H12F2N2O2/c1-17-11(16)5-2-7(13)10(8(14)3-5)15-9-4-6(9)12/h2-3,6,9,15H,4,14H2,1H3/t6-,9-/m0/s1. The molecule has 0 heterocycles.